The van der Waals surface area contributed by atoms with Crippen molar-refractivity contribution in [2.75, 3.05) is 26.2 Å². The number of nitrogens with zero attached hydrogens (tertiary/aromatic N) is 2. The summed E-state index contributed by atoms with van der Waals surface area (Å²) in [5, 5.41) is 9.02. The third-order valence-corrected chi connectivity index (χ3v) is 5.75. The number of fused-ring (bicyclic) bond motifs is 2. The average molecular weight is 397 g/mol. The molecule has 0 radical (unpaired) electrons. The lowest BCUT2D eigenvalue weighted by atomic mass is 10.1. The molecule has 0 saturated carbocycles. The van der Waals surface area contributed by atoms with Crippen molar-refractivity contribution in [1.29, 1.82) is 0 Å². The van der Waals surface area contributed by atoms with Crippen molar-refractivity contribution in [3.05, 3.63) is 59.8 Å². The van der Waals surface area contributed by atoms with Crippen molar-refractivity contribution in [3.8, 4) is 11.3 Å². The largest absolute Gasteiger partial charge is 0.456 e. The highest BCUT2D eigenvalue weighted by atomic mass is 16.3. The molecule has 2 aromatic carbocycles. The molecule has 30 heavy (non-hydrogen) atoms. The first-order valence-electron chi connectivity index (χ1n) is 10.6. The van der Waals surface area contributed by atoms with Gasteiger partial charge in [-0.2, -0.15) is 0 Å². The van der Waals surface area contributed by atoms with E-state index in [0.29, 0.717) is 0 Å². The molecule has 2 aliphatic rings. The van der Waals surface area contributed by atoms with Gasteiger partial charge < -0.3 is 20.0 Å². The number of hydrogen-bond acceptors (Lipinski definition) is 5. The average Bonchev–Trinajstić information content (AvgIpc) is 3.43. The van der Waals surface area contributed by atoms with E-state index in [0.717, 1.165) is 89.8 Å². The van der Waals surface area contributed by atoms with E-state index in [9.17, 15) is 0 Å². The van der Waals surface area contributed by atoms with E-state index >= 15 is 0 Å². The Kier molecular flexibility index (Phi) is 4.08. The maximum atomic E-state index is 6.22. The van der Waals surface area contributed by atoms with Gasteiger partial charge in [0.15, 0.2) is 0 Å². The third kappa shape index (κ3) is 3.05. The Morgan fingerprint density at radius 1 is 0.733 bits per heavy atom. The molecule has 0 unspecified atom stereocenters. The zero-order valence-electron chi connectivity index (χ0n) is 16.7. The van der Waals surface area contributed by atoms with E-state index in [1.54, 1.807) is 0 Å². The Labute approximate surface area is 174 Å². The van der Waals surface area contributed by atoms with Crippen LogP contribution in [0.3, 0.4) is 0 Å². The third-order valence-electron chi connectivity index (χ3n) is 5.75. The fraction of sp³-hybridized carbons (Fsp3) is 0.250. The SMILES string of the molecule is c1cc2cc(-c3ccc4cc(C5=NCCCN5)[nH]c4c3)oc2cc1C1=NCCCN1. The molecule has 0 spiro atoms. The van der Waals surface area contributed by atoms with Crippen molar-refractivity contribution in [1.82, 2.24) is 15.6 Å². The van der Waals surface area contributed by atoms with Crippen LogP contribution in [0.4, 0.5) is 0 Å². The summed E-state index contributed by atoms with van der Waals surface area (Å²) in [6.45, 7) is 3.71. The molecule has 0 saturated heterocycles. The second-order valence-electron chi connectivity index (χ2n) is 7.87. The smallest absolute Gasteiger partial charge is 0.145 e. The Balaban J connectivity index is 1.36. The van der Waals surface area contributed by atoms with Gasteiger partial charge in [0, 0.05) is 53.6 Å². The number of benzene rings is 2. The molecular formula is C24H23N5O. The van der Waals surface area contributed by atoms with Crippen LogP contribution < -0.4 is 10.6 Å². The van der Waals surface area contributed by atoms with Gasteiger partial charge in [0.2, 0.25) is 0 Å². The lowest BCUT2D eigenvalue weighted by Crippen LogP contribution is -2.30. The minimum atomic E-state index is 0.867. The van der Waals surface area contributed by atoms with Crippen LogP contribution in [0.25, 0.3) is 33.2 Å². The number of H-pyrrole nitrogens is 1. The van der Waals surface area contributed by atoms with Crippen molar-refractivity contribution >= 4 is 33.5 Å². The normalized spacial score (nSPS) is 16.8. The summed E-state index contributed by atoms with van der Waals surface area (Å²) in [4.78, 5) is 12.7. The predicted octanol–water partition coefficient (Wildman–Crippen LogP) is 4.06. The van der Waals surface area contributed by atoms with Gasteiger partial charge >= 0.3 is 0 Å². The van der Waals surface area contributed by atoms with E-state index in [1.165, 1.54) is 5.39 Å². The number of hydrogen-bond donors (Lipinski definition) is 3. The number of amidine groups is 2. The molecule has 6 rings (SSSR count). The van der Waals surface area contributed by atoms with Crippen LogP contribution in [-0.2, 0) is 0 Å². The van der Waals surface area contributed by atoms with E-state index < -0.39 is 0 Å². The van der Waals surface area contributed by atoms with Gasteiger partial charge in [-0.3, -0.25) is 9.98 Å². The van der Waals surface area contributed by atoms with Crippen LogP contribution in [0.15, 0.2) is 62.9 Å². The first-order valence-corrected chi connectivity index (χ1v) is 10.6. The lowest BCUT2D eigenvalue weighted by Gasteiger charge is -2.14. The van der Waals surface area contributed by atoms with Crippen molar-refractivity contribution in [2.24, 2.45) is 9.98 Å². The summed E-state index contributed by atoms with van der Waals surface area (Å²) in [6.07, 6.45) is 2.17. The molecule has 4 aromatic rings. The first-order chi connectivity index (χ1) is 14.8. The molecular weight excluding hydrogens is 374 g/mol. The van der Waals surface area contributed by atoms with Gasteiger partial charge in [0.25, 0.3) is 0 Å². The van der Waals surface area contributed by atoms with Gasteiger partial charge in [-0.15, -0.1) is 0 Å². The van der Waals surface area contributed by atoms with Crippen LogP contribution in [-0.4, -0.2) is 42.8 Å². The number of furan rings is 1. The molecule has 4 heterocycles. The van der Waals surface area contributed by atoms with Gasteiger partial charge in [-0.05, 0) is 37.1 Å². The molecule has 0 fully saturated rings. The molecule has 2 aliphatic heterocycles. The van der Waals surface area contributed by atoms with Crippen molar-refractivity contribution in [2.45, 2.75) is 12.8 Å². The molecule has 6 nitrogen and oxygen atoms in total. The van der Waals surface area contributed by atoms with E-state index in [2.05, 4.69) is 74.1 Å². The standard InChI is InChI=1S/C24H23N5O/c1-7-25-23(26-8-1)18-6-5-17-13-21(30-22(17)14-18)16-4-3-15-11-20(29-19(15)12-16)24-27-9-2-10-28-24/h3-6,11-14,29H,1-2,7-10H2,(H,25,26)(H,27,28). The topological polar surface area (TPSA) is 77.7 Å². The van der Waals surface area contributed by atoms with Crippen LogP contribution in [0.1, 0.15) is 24.1 Å². The van der Waals surface area contributed by atoms with Gasteiger partial charge in [-0.25, -0.2) is 0 Å². The Morgan fingerprint density at radius 2 is 1.50 bits per heavy atom. The van der Waals surface area contributed by atoms with E-state index in [1.807, 2.05) is 0 Å². The first kappa shape index (κ1) is 17.3. The zero-order valence-corrected chi connectivity index (χ0v) is 16.7. The molecule has 0 bridgehead atoms. The quantitative estimate of drug-likeness (QED) is 0.488. The molecule has 0 aliphatic carbocycles. The molecule has 3 N–H and O–H groups in total. The number of aliphatic imine (C=N–C) groups is 2. The van der Waals surface area contributed by atoms with Crippen molar-refractivity contribution in [3.63, 3.8) is 0 Å². The maximum Gasteiger partial charge on any atom is 0.145 e. The number of aromatic nitrogens is 1. The minimum Gasteiger partial charge on any atom is -0.456 e. The van der Waals surface area contributed by atoms with Crippen LogP contribution in [0, 0.1) is 0 Å². The van der Waals surface area contributed by atoms with Gasteiger partial charge in [0.05, 0.1) is 5.69 Å². The Hall–Kier alpha value is -3.54. The lowest BCUT2D eigenvalue weighted by molar-refractivity contribution is 0.631. The second-order valence-corrected chi connectivity index (χ2v) is 7.87. The molecule has 0 amide bonds. The summed E-state index contributed by atoms with van der Waals surface area (Å²) in [7, 11) is 0. The summed E-state index contributed by atoms with van der Waals surface area (Å²) < 4.78 is 6.22. The highest BCUT2D eigenvalue weighted by Gasteiger charge is 2.14. The predicted molar refractivity (Wildman–Crippen MR) is 122 cm³/mol. The van der Waals surface area contributed by atoms with Crippen LogP contribution in [0.5, 0.6) is 0 Å². The second kappa shape index (κ2) is 7.06. The van der Waals surface area contributed by atoms with E-state index in [4.69, 9.17) is 4.42 Å². The van der Waals surface area contributed by atoms with Gasteiger partial charge in [-0.1, -0.05) is 24.3 Å². The number of rotatable bonds is 3. The highest BCUT2D eigenvalue weighted by Crippen LogP contribution is 2.31. The number of nitrogens with one attached hydrogen (secondary N) is 3. The van der Waals surface area contributed by atoms with Crippen LogP contribution in [0.2, 0.25) is 0 Å². The molecule has 0 atom stereocenters. The van der Waals surface area contributed by atoms with Crippen LogP contribution >= 0.6 is 0 Å². The molecule has 150 valence electrons. The summed E-state index contributed by atoms with van der Waals surface area (Å²) in [5.74, 6) is 2.78. The highest BCUT2D eigenvalue weighted by molar-refractivity contribution is 6.03. The summed E-state index contributed by atoms with van der Waals surface area (Å²) in [6, 6.07) is 16.9. The Morgan fingerprint density at radius 3 is 2.30 bits per heavy atom. The van der Waals surface area contributed by atoms with Gasteiger partial charge in [0.1, 0.15) is 23.0 Å². The molecule has 6 heteroatoms. The number of aromatic amines is 1. The maximum absolute atomic E-state index is 6.22. The molecule has 2 aromatic heterocycles. The van der Waals surface area contributed by atoms with E-state index in [-0.39, 0.29) is 0 Å². The fourth-order valence-corrected chi connectivity index (χ4v) is 4.17. The summed E-state index contributed by atoms with van der Waals surface area (Å²) in [5.41, 5.74) is 5.13. The monoisotopic (exact) mass is 397 g/mol. The summed E-state index contributed by atoms with van der Waals surface area (Å²) >= 11 is 0. The Bertz CT molecular complexity index is 1290. The zero-order chi connectivity index (χ0) is 19.9. The van der Waals surface area contributed by atoms with Crippen molar-refractivity contribution < 1.29 is 4.42 Å². The minimum absolute atomic E-state index is 0.867. The fourth-order valence-electron chi connectivity index (χ4n) is 4.17.